The van der Waals surface area contributed by atoms with Gasteiger partial charge in [-0.25, -0.2) is 4.98 Å². The second-order valence-corrected chi connectivity index (χ2v) is 3.16. The topological polar surface area (TPSA) is 54.0 Å². The second kappa shape index (κ2) is 4.06. The Morgan fingerprint density at radius 1 is 1.75 bits per heavy atom. The first kappa shape index (κ1) is 8.99. The van der Waals surface area contributed by atoms with Gasteiger partial charge in [0.15, 0.2) is 5.13 Å². The third-order valence-electron chi connectivity index (χ3n) is 1.28. The number of nitrogens with zero attached hydrogens (tertiary/aromatic N) is 1. The number of nitrogens with one attached hydrogen (secondary N) is 2. The zero-order valence-corrected chi connectivity index (χ0v) is 7.86. The third-order valence-corrected chi connectivity index (χ3v) is 2.19. The zero-order valence-electron chi connectivity index (χ0n) is 7.05. The van der Waals surface area contributed by atoms with E-state index in [0.717, 1.165) is 10.8 Å². The van der Waals surface area contributed by atoms with Gasteiger partial charge < -0.3 is 10.6 Å². The Labute approximate surface area is 75.0 Å². The number of thiazole rings is 1. The van der Waals surface area contributed by atoms with Crippen LogP contribution in [0.15, 0.2) is 5.38 Å². The highest BCUT2D eigenvalue weighted by Crippen LogP contribution is 2.13. The average molecular weight is 185 g/mol. The standard InChI is InChI=1S/C7H11N3OS/c1-5(11)9-3-6-4-12-7(8-2)10-6/h4H,3H2,1-2H3,(H,8,10)(H,9,11). The van der Waals surface area contributed by atoms with Gasteiger partial charge in [-0.1, -0.05) is 0 Å². The van der Waals surface area contributed by atoms with Crippen molar-refractivity contribution in [1.29, 1.82) is 0 Å². The molecular formula is C7H11N3OS. The lowest BCUT2D eigenvalue weighted by atomic mass is 10.5. The van der Waals surface area contributed by atoms with Gasteiger partial charge in [-0.3, -0.25) is 4.79 Å². The maximum atomic E-state index is 10.5. The van der Waals surface area contributed by atoms with Gasteiger partial charge in [0.25, 0.3) is 0 Å². The van der Waals surface area contributed by atoms with E-state index >= 15 is 0 Å². The van der Waals surface area contributed by atoms with E-state index in [4.69, 9.17) is 0 Å². The summed E-state index contributed by atoms with van der Waals surface area (Å²) in [5.74, 6) is -0.0333. The fourth-order valence-corrected chi connectivity index (χ4v) is 1.39. The van der Waals surface area contributed by atoms with Crippen molar-refractivity contribution < 1.29 is 4.79 Å². The number of carbonyl (C=O) groups excluding carboxylic acids is 1. The predicted molar refractivity (Wildman–Crippen MR) is 49.2 cm³/mol. The highest BCUT2D eigenvalue weighted by molar-refractivity contribution is 7.13. The molecule has 1 heterocycles. The Hall–Kier alpha value is -1.10. The Balaban J connectivity index is 2.47. The molecule has 0 saturated carbocycles. The molecule has 0 aliphatic carbocycles. The van der Waals surface area contributed by atoms with E-state index < -0.39 is 0 Å². The summed E-state index contributed by atoms with van der Waals surface area (Å²) in [7, 11) is 1.82. The average Bonchev–Trinajstić information content (AvgIpc) is 2.48. The normalized spacial score (nSPS) is 9.50. The SMILES string of the molecule is CNc1nc(CNC(C)=O)cs1. The van der Waals surface area contributed by atoms with Gasteiger partial charge in [-0.2, -0.15) is 0 Å². The second-order valence-electron chi connectivity index (χ2n) is 2.30. The van der Waals surface area contributed by atoms with Gasteiger partial charge in [-0.15, -0.1) is 11.3 Å². The highest BCUT2D eigenvalue weighted by atomic mass is 32.1. The van der Waals surface area contributed by atoms with Crippen molar-refractivity contribution in [2.75, 3.05) is 12.4 Å². The van der Waals surface area contributed by atoms with Crippen LogP contribution < -0.4 is 10.6 Å². The number of rotatable bonds is 3. The molecule has 1 aromatic rings. The molecule has 0 atom stereocenters. The minimum absolute atomic E-state index is 0.0333. The molecule has 0 fully saturated rings. The highest BCUT2D eigenvalue weighted by Gasteiger charge is 1.99. The molecule has 0 aliphatic heterocycles. The summed E-state index contributed by atoms with van der Waals surface area (Å²) >= 11 is 1.53. The molecule has 0 saturated heterocycles. The largest absolute Gasteiger partial charge is 0.365 e. The van der Waals surface area contributed by atoms with Crippen LogP contribution in [0.4, 0.5) is 5.13 Å². The van der Waals surface area contributed by atoms with Crippen LogP contribution in [0.5, 0.6) is 0 Å². The van der Waals surface area contributed by atoms with Gasteiger partial charge in [0.1, 0.15) is 0 Å². The fourth-order valence-electron chi connectivity index (χ4n) is 0.718. The fraction of sp³-hybridized carbons (Fsp3) is 0.429. The summed E-state index contributed by atoms with van der Waals surface area (Å²) in [6, 6.07) is 0. The number of hydrogen-bond acceptors (Lipinski definition) is 4. The summed E-state index contributed by atoms with van der Waals surface area (Å²) in [4.78, 5) is 14.7. The Kier molecular flexibility index (Phi) is 3.04. The number of amides is 1. The minimum Gasteiger partial charge on any atom is -0.365 e. The third kappa shape index (κ3) is 2.50. The Morgan fingerprint density at radius 2 is 2.50 bits per heavy atom. The molecule has 1 amide bonds. The van der Waals surface area contributed by atoms with Crippen LogP contribution in [0, 0.1) is 0 Å². The van der Waals surface area contributed by atoms with Crippen LogP contribution >= 0.6 is 11.3 Å². The molecule has 0 unspecified atom stereocenters. The number of anilines is 1. The molecule has 66 valence electrons. The first-order valence-corrected chi connectivity index (χ1v) is 4.47. The Bertz CT molecular complexity index is 271. The minimum atomic E-state index is -0.0333. The first-order chi connectivity index (χ1) is 5.72. The molecular weight excluding hydrogens is 174 g/mol. The van der Waals surface area contributed by atoms with E-state index in [-0.39, 0.29) is 5.91 Å². The lowest BCUT2D eigenvalue weighted by molar-refractivity contribution is -0.119. The van der Waals surface area contributed by atoms with Crippen LogP contribution in [0.2, 0.25) is 0 Å². The van der Waals surface area contributed by atoms with Gasteiger partial charge in [0, 0.05) is 19.4 Å². The van der Waals surface area contributed by atoms with Crippen LogP contribution in [-0.4, -0.2) is 17.9 Å². The lowest BCUT2D eigenvalue weighted by Gasteiger charge is -1.96. The zero-order chi connectivity index (χ0) is 8.97. The van der Waals surface area contributed by atoms with Crippen molar-refractivity contribution in [2.24, 2.45) is 0 Å². The van der Waals surface area contributed by atoms with E-state index in [9.17, 15) is 4.79 Å². The van der Waals surface area contributed by atoms with E-state index in [1.165, 1.54) is 18.3 Å². The van der Waals surface area contributed by atoms with Gasteiger partial charge in [0.05, 0.1) is 12.2 Å². The van der Waals surface area contributed by atoms with E-state index in [2.05, 4.69) is 15.6 Å². The number of hydrogen-bond donors (Lipinski definition) is 2. The molecule has 0 spiro atoms. The smallest absolute Gasteiger partial charge is 0.217 e. The van der Waals surface area contributed by atoms with Crippen molar-refractivity contribution in [3.8, 4) is 0 Å². The molecule has 12 heavy (non-hydrogen) atoms. The van der Waals surface area contributed by atoms with Gasteiger partial charge in [-0.05, 0) is 0 Å². The van der Waals surface area contributed by atoms with Gasteiger partial charge in [0.2, 0.25) is 5.91 Å². The molecule has 1 rings (SSSR count). The molecule has 0 aliphatic rings. The van der Waals surface area contributed by atoms with Crippen molar-refractivity contribution in [3.63, 3.8) is 0 Å². The number of carbonyl (C=O) groups is 1. The maximum absolute atomic E-state index is 10.5. The Morgan fingerprint density at radius 3 is 3.00 bits per heavy atom. The van der Waals surface area contributed by atoms with E-state index in [1.54, 1.807) is 0 Å². The summed E-state index contributed by atoms with van der Waals surface area (Å²) in [6.07, 6.45) is 0. The molecule has 2 N–H and O–H groups in total. The quantitative estimate of drug-likeness (QED) is 0.733. The lowest BCUT2D eigenvalue weighted by Crippen LogP contribution is -2.18. The van der Waals surface area contributed by atoms with Crippen molar-refractivity contribution in [3.05, 3.63) is 11.1 Å². The van der Waals surface area contributed by atoms with E-state index in [0.29, 0.717) is 6.54 Å². The molecule has 0 aromatic carbocycles. The van der Waals surface area contributed by atoms with Crippen LogP contribution in [0.1, 0.15) is 12.6 Å². The molecule has 1 aromatic heterocycles. The molecule has 0 bridgehead atoms. The molecule has 0 radical (unpaired) electrons. The summed E-state index contributed by atoms with van der Waals surface area (Å²) in [6.45, 7) is 2.00. The van der Waals surface area contributed by atoms with Crippen molar-refractivity contribution >= 4 is 22.4 Å². The monoisotopic (exact) mass is 185 g/mol. The van der Waals surface area contributed by atoms with Crippen LogP contribution in [-0.2, 0) is 11.3 Å². The van der Waals surface area contributed by atoms with Crippen LogP contribution in [0.3, 0.4) is 0 Å². The first-order valence-electron chi connectivity index (χ1n) is 3.59. The summed E-state index contributed by atoms with van der Waals surface area (Å²) in [5.41, 5.74) is 0.888. The maximum Gasteiger partial charge on any atom is 0.217 e. The summed E-state index contributed by atoms with van der Waals surface area (Å²) < 4.78 is 0. The van der Waals surface area contributed by atoms with E-state index in [1.807, 2.05) is 12.4 Å². The molecule has 5 heteroatoms. The molecule has 4 nitrogen and oxygen atoms in total. The van der Waals surface area contributed by atoms with Crippen molar-refractivity contribution in [1.82, 2.24) is 10.3 Å². The van der Waals surface area contributed by atoms with Gasteiger partial charge >= 0.3 is 0 Å². The number of aromatic nitrogens is 1. The van der Waals surface area contributed by atoms with Crippen LogP contribution in [0.25, 0.3) is 0 Å². The predicted octanol–water partition coefficient (Wildman–Crippen LogP) is 0.821. The van der Waals surface area contributed by atoms with Crippen molar-refractivity contribution in [2.45, 2.75) is 13.5 Å². The summed E-state index contributed by atoms with van der Waals surface area (Å²) in [5, 5.41) is 8.40.